The molecule has 0 spiro atoms. The van der Waals surface area contributed by atoms with E-state index in [9.17, 15) is 9.90 Å². The molecule has 19 heavy (non-hydrogen) atoms. The molecule has 106 valence electrons. The van der Waals surface area contributed by atoms with E-state index in [0.29, 0.717) is 30.0 Å². The van der Waals surface area contributed by atoms with Crippen LogP contribution < -0.4 is 0 Å². The summed E-state index contributed by atoms with van der Waals surface area (Å²) in [6, 6.07) is 0.0335. The number of amides is 1. The van der Waals surface area contributed by atoms with Crippen LogP contribution in [0.5, 0.6) is 0 Å². The number of rotatable bonds is 3. The largest absolute Gasteiger partial charge is 0.391 e. The van der Waals surface area contributed by atoms with E-state index in [-0.39, 0.29) is 11.9 Å². The van der Waals surface area contributed by atoms with Crippen LogP contribution in [0.3, 0.4) is 0 Å². The standard InChI is InChI=1S/C13H21N3O3/c1-8-12(9(2)19-14-8)13(18)16-7-11(17)5-10(16)6-15(3)4/h10-11,17H,5-7H2,1-4H3. The quantitative estimate of drug-likeness (QED) is 0.860. The van der Waals surface area contributed by atoms with Gasteiger partial charge in [-0.3, -0.25) is 4.79 Å². The number of nitrogens with zero attached hydrogens (tertiary/aromatic N) is 3. The van der Waals surface area contributed by atoms with E-state index >= 15 is 0 Å². The third kappa shape index (κ3) is 2.79. The Bertz CT molecular complexity index is 450. The van der Waals surface area contributed by atoms with Crippen LogP contribution in [0.25, 0.3) is 0 Å². The highest BCUT2D eigenvalue weighted by Gasteiger charge is 2.36. The zero-order valence-electron chi connectivity index (χ0n) is 11.9. The second-order valence-electron chi connectivity index (χ2n) is 5.46. The highest BCUT2D eigenvalue weighted by Crippen LogP contribution is 2.23. The van der Waals surface area contributed by atoms with Crippen LogP contribution in [0.15, 0.2) is 4.52 Å². The Hall–Kier alpha value is -1.40. The van der Waals surface area contributed by atoms with Gasteiger partial charge < -0.3 is 19.4 Å². The van der Waals surface area contributed by atoms with Crippen molar-refractivity contribution in [2.75, 3.05) is 27.2 Å². The molecule has 0 radical (unpaired) electrons. The van der Waals surface area contributed by atoms with Crippen molar-refractivity contribution < 1.29 is 14.4 Å². The highest BCUT2D eigenvalue weighted by atomic mass is 16.5. The Labute approximate surface area is 113 Å². The Morgan fingerprint density at radius 1 is 1.53 bits per heavy atom. The van der Waals surface area contributed by atoms with Crippen LogP contribution in [0.2, 0.25) is 0 Å². The average molecular weight is 267 g/mol. The molecule has 1 N–H and O–H groups in total. The number of carbonyl (C=O) groups is 1. The number of aliphatic hydroxyl groups excluding tert-OH is 1. The fourth-order valence-corrected chi connectivity index (χ4v) is 2.67. The maximum atomic E-state index is 12.6. The monoisotopic (exact) mass is 267 g/mol. The van der Waals surface area contributed by atoms with Crippen LogP contribution >= 0.6 is 0 Å². The second kappa shape index (κ2) is 5.30. The number of aromatic nitrogens is 1. The summed E-state index contributed by atoms with van der Waals surface area (Å²) in [6.45, 7) is 4.62. The van der Waals surface area contributed by atoms with Gasteiger partial charge in [0.05, 0.1) is 11.8 Å². The van der Waals surface area contributed by atoms with Gasteiger partial charge in [0.2, 0.25) is 0 Å². The summed E-state index contributed by atoms with van der Waals surface area (Å²) in [5.41, 5.74) is 1.13. The van der Waals surface area contributed by atoms with Crippen molar-refractivity contribution in [2.24, 2.45) is 0 Å². The van der Waals surface area contributed by atoms with Gasteiger partial charge in [-0.2, -0.15) is 0 Å². The highest BCUT2D eigenvalue weighted by molar-refractivity contribution is 5.96. The fourth-order valence-electron chi connectivity index (χ4n) is 2.67. The molecule has 1 saturated heterocycles. The molecule has 1 aliphatic rings. The third-order valence-electron chi connectivity index (χ3n) is 3.48. The SMILES string of the molecule is Cc1noc(C)c1C(=O)N1CC(O)CC1CN(C)C. The van der Waals surface area contributed by atoms with Crippen molar-refractivity contribution in [3.05, 3.63) is 17.0 Å². The van der Waals surface area contributed by atoms with Crippen molar-refractivity contribution in [1.29, 1.82) is 0 Å². The summed E-state index contributed by atoms with van der Waals surface area (Å²) in [5, 5.41) is 13.6. The summed E-state index contributed by atoms with van der Waals surface area (Å²) in [5.74, 6) is 0.437. The molecule has 2 unspecified atom stereocenters. The summed E-state index contributed by atoms with van der Waals surface area (Å²) >= 11 is 0. The number of carbonyl (C=O) groups excluding carboxylic acids is 1. The minimum absolute atomic E-state index is 0.0335. The Kier molecular flexibility index (Phi) is 3.91. The van der Waals surface area contributed by atoms with Gasteiger partial charge in [-0.25, -0.2) is 0 Å². The molecular formula is C13H21N3O3. The molecule has 2 atom stereocenters. The van der Waals surface area contributed by atoms with E-state index in [1.807, 2.05) is 19.0 Å². The Morgan fingerprint density at radius 3 is 2.74 bits per heavy atom. The minimum Gasteiger partial charge on any atom is -0.391 e. The first-order valence-electron chi connectivity index (χ1n) is 6.46. The zero-order valence-corrected chi connectivity index (χ0v) is 11.9. The minimum atomic E-state index is -0.450. The molecule has 6 heteroatoms. The Balaban J connectivity index is 2.22. The molecular weight excluding hydrogens is 246 g/mol. The van der Waals surface area contributed by atoms with Crippen LogP contribution in [-0.4, -0.2) is 65.3 Å². The predicted octanol–water partition coefficient (Wildman–Crippen LogP) is 0.428. The molecule has 1 aliphatic heterocycles. The number of likely N-dealkylation sites (tertiary alicyclic amines) is 1. The van der Waals surface area contributed by atoms with Gasteiger partial charge in [0.1, 0.15) is 11.3 Å². The maximum absolute atomic E-state index is 12.6. The van der Waals surface area contributed by atoms with E-state index in [2.05, 4.69) is 5.16 Å². The van der Waals surface area contributed by atoms with Crippen LogP contribution in [0.4, 0.5) is 0 Å². The number of likely N-dealkylation sites (N-methyl/N-ethyl adjacent to an activating group) is 1. The van der Waals surface area contributed by atoms with Crippen molar-refractivity contribution in [2.45, 2.75) is 32.4 Å². The molecule has 2 rings (SSSR count). The smallest absolute Gasteiger partial charge is 0.259 e. The van der Waals surface area contributed by atoms with Gasteiger partial charge in [-0.05, 0) is 34.4 Å². The third-order valence-corrected chi connectivity index (χ3v) is 3.48. The molecule has 1 aromatic heterocycles. The first kappa shape index (κ1) is 14.0. The van der Waals surface area contributed by atoms with E-state index in [0.717, 1.165) is 6.54 Å². The molecule has 0 aromatic carbocycles. The van der Waals surface area contributed by atoms with Gasteiger partial charge in [0, 0.05) is 19.1 Å². The van der Waals surface area contributed by atoms with Gasteiger partial charge in [0.25, 0.3) is 5.91 Å². The molecule has 0 aliphatic carbocycles. The normalized spacial score (nSPS) is 23.4. The molecule has 6 nitrogen and oxygen atoms in total. The van der Waals surface area contributed by atoms with E-state index < -0.39 is 6.10 Å². The first-order valence-corrected chi connectivity index (χ1v) is 6.46. The van der Waals surface area contributed by atoms with Crippen LogP contribution in [0, 0.1) is 13.8 Å². The number of aliphatic hydroxyl groups is 1. The van der Waals surface area contributed by atoms with Crippen molar-refractivity contribution >= 4 is 5.91 Å². The van der Waals surface area contributed by atoms with Crippen molar-refractivity contribution in [1.82, 2.24) is 15.0 Å². The van der Waals surface area contributed by atoms with E-state index in [1.54, 1.807) is 18.7 Å². The Morgan fingerprint density at radius 2 is 2.21 bits per heavy atom. The molecule has 1 aromatic rings. The summed E-state index contributed by atoms with van der Waals surface area (Å²) < 4.78 is 5.05. The van der Waals surface area contributed by atoms with Gasteiger partial charge >= 0.3 is 0 Å². The lowest BCUT2D eigenvalue weighted by atomic mass is 10.1. The van der Waals surface area contributed by atoms with E-state index in [4.69, 9.17) is 4.52 Å². The maximum Gasteiger partial charge on any atom is 0.259 e. The van der Waals surface area contributed by atoms with Crippen LogP contribution in [-0.2, 0) is 0 Å². The molecule has 1 amide bonds. The number of aryl methyl sites for hydroxylation is 2. The lowest BCUT2D eigenvalue weighted by Crippen LogP contribution is -2.41. The lowest BCUT2D eigenvalue weighted by molar-refractivity contribution is 0.0696. The van der Waals surface area contributed by atoms with Gasteiger partial charge in [-0.15, -0.1) is 0 Å². The molecule has 0 bridgehead atoms. The van der Waals surface area contributed by atoms with Gasteiger partial charge in [-0.1, -0.05) is 5.16 Å². The van der Waals surface area contributed by atoms with Crippen molar-refractivity contribution in [3.63, 3.8) is 0 Å². The first-order chi connectivity index (χ1) is 8.90. The predicted molar refractivity (Wildman–Crippen MR) is 70.0 cm³/mol. The number of hydrogen-bond donors (Lipinski definition) is 1. The summed E-state index contributed by atoms with van der Waals surface area (Å²) in [7, 11) is 3.92. The average Bonchev–Trinajstić information content (AvgIpc) is 2.81. The number of β-amino-alcohol motifs (C(OH)–C–C–N with tert-alkyl or cyclic N) is 1. The van der Waals surface area contributed by atoms with E-state index in [1.165, 1.54) is 0 Å². The lowest BCUT2D eigenvalue weighted by Gasteiger charge is -2.26. The molecule has 1 fully saturated rings. The van der Waals surface area contributed by atoms with Crippen molar-refractivity contribution in [3.8, 4) is 0 Å². The van der Waals surface area contributed by atoms with Crippen LogP contribution in [0.1, 0.15) is 28.2 Å². The molecule has 0 saturated carbocycles. The molecule has 2 heterocycles. The fraction of sp³-hybridized carbons (Fsp3) is 0.692. The second-order valence-corrected chi connectivity index (χ2v) is 5.46. The van der Waals surface area contributed by atoms with Gasteiger partial charge in [0.15, 0.2) is 0 Å². The summed E-state index contributed by atoms with van der Waals surface area (Å²) in [6.07, 6.45) is 0.169. The summed E-state index contributed by atoms with van der Waals surface area (Å²) in [4.78, 5) is 16.3. The zero-order chi connectivity index (χ0) is 14.2. The number of hydrogen-bond acceptors (Lipinski definition) is 5. The topological polar surface area (TPSA) is 69.8 Å².